The molecular formula is C16H22FN3O. The highest BCUT2D eigenvalue weighted by Gasteiger charge is 2.21. The summed E-state index contributed by atoms with van der Waals surface area (Å²) in [6, 6.07) is 4.76. The third-order valence-corrected chi connectivity index (χ3v) is 3.53. The first-order chi connectivity index (χ1) is 10.2. The van der Waals surface area contributed by atoms with Gasteiger partial charge in [0.05, 0.1) is 7.11 Å². The number of nitrogens with one attached hydrogen (secondary N) is 1. The molecule has 1 atom stereocenters. The van der Waals surface area contributed by atoms with E-state index in [1.165, 1.54) is 6.07 Å². The van der Waals surface area contributed by atoms with Crippen LogP contribution < -0.4 is 10.1 Å². The molecule has 0 saturated heterocycles. The normalized spacial score (nSPS) is 12.4. The minimum atomic E-state index is -0.253. The molecule has 5 heteroatoms. The second-order valence-electron chi connectivity index (χ2n) is 5.02. The van der Waals surface area contributed by atoms with Crippen LogP contribution in [0.4, 0.5) is 4.39 Å². The molecule has 0 spiro atoms. The summed E-state index contributed by atoms with van der Waals surface area (Å²) in [7, 11) is 3.51. The Hall–Kier alpha value is -1.88. The predicted molar refractivity (Wildman–Crippen MR) is 80.9 cm³/mol. The van der Waals surface area contributed by atoms with Crippen molar-refractivity contribution in [3.63, 3.8) is 0 Å². The molecule has 0 radical (unpaired) electrons. The minimum Gasteiger partial charge on any atom is -0.496 e. The van der Waals surface area contributed by atoms with Crippen LogP contribution in [0.2, 0.25) is 0 Å². The van der Waals surface area contributed by atoms with E-state index in [2.05, 4.69) is 17.2 Å². The van der Waals surface area contributed by atoms with Crippen molar-refractivity contribution in [3.05, 3.63) is 47.8 Å². The largest absolute Gasteiger partial charge is 0.496 e. The van der Waals surface area contributed by atoms with Crippen molar-refractivity contribution in [2.45, 2.75) is 25.8 Å². The number of hydrogen-bond donors (Lipinski definition) is 1. The third-order valence-electron chi connectivity index (χ3n) is 3.53. The van der Waals surface area contributed by atoms with Crippen molar-refractivity contribution in [1.29, 1.82) is 0 Å². The van der Waals surface area contributed by atoms with Crippen LogP contribution in [-0.2, 0) is 13.5 Å². The number of imidazole rings is 1. The van der Waals surface area contributed by atoms with E-state index >= 15 is 0 Å². The number of aromatic nitrogens is 2. The van der Waals surface area contributed by atoms with Crippen molar-refractivity contribution in [3.8, 4) is 5.75 Å². The third kappa shape index (κ3) is 3.61. The van der Waals surface area contributed by atoms with E-state index in [0.717, 1.165) is 18.8 Å². The van der Waals surface area contributed by atoms with E-state index < -0.39 is 0 Å². The molecule has 0 bridgehead atoms. The first-order valence-electron chi connectivity index (χ1n) is 7.19. The monoisotopic (exact) mass is 291 g/mol. The number of benzene rings is 1. The highest BCUT2D eigenvalue weighted by Crippen LogP contribution is 2.29. The van der Waals surface area contributed by atoms with Gasteiger partial charge in [-0.2, -0.15) is 0 Å². The lowest BCUT2D eigenvalue weighted by Crippen LogP contribution is -2.26. The zero-order valence-corrected chi connectivity index (χ0v) is 12.8. The smallest absolute Gasteiger partial charge is 0.131 e. The Morgan fingerprint density at radius 2 is 2.24 bits per heavy atom. The van der Waals surface area contributed by atoms with E-state index in [4.69, 9.17) is 4.74 Å². The van der Waals surface area contributed by atoms with Gasteiger partial charge in [0.1, 0.15) is 17.4 Å². The Labute approximate surface area is 125 Å². The first kappa shape index (κ1) is 15.5. The molecule has 2 rings (SSSR count). The van der Waals surface area contributed by atoms with Gasteiger partial charge >= 0.3 is 0 Å². The Morgan fingerprint density at radius 1 is 1.43 bits per heavy atom. The fraction of sp³-hybridized carbons (Fsp3) is 0.438. The average molecular weight is 291 g/mol. The summed E-state index contributed by atoms with van der Waals surface area (Å²) in [5.41, 5.74) is 0.566. The minimum absolute atomic E-state index is 0.165. The van der Waals surface area contributed by atoms with E-state index in [9.17, 15) is 4.39 Å². The molecule has 0 aliphatic rings. The maximum atomic E-state index is 14.3. The lowest BCUT2D eigenvalue weighted by atomic mass is 10.0. The summed E-state index contributed by atoms with van der Waals surface area (Å²) >= 11 is 0. The Morgan fingerprint density at radius 3 is 2.86 bits per heavy atom. The highest BCUT2D eigenvalue weighted by atomic mass is 19.1. The van der Waals surface area contributed by atoms with Gasteiger partial charge in [0.25, 0.3) is 0 Å². The molecule has 1 aromatic heterocycles. The Bertz CT molecular complexity index is 583. The van der Waals surface area contributed by atoms with Crippen molar-refractivity contribution >= 4 is 0 Å². The van der Waals surface area contributed by atoms with Crippen LogP contribution in [0.3, 0.4) is 0 Å². The number of methoxy groups -OCH3 is 1. The van der Waals surface area contributed by atoms with Gasteiger partial charge in [0, 0.05) is 37.5 Å². The Balaban J connectivity index is 2.34. The van der Waals surface area contributed by atoms with Gasteiger partial charge in [-0.05, 0) is 25.1 Å². The van der Waals surface area contributed by atoms with Crippen molar-refractivity contribution in [2.24, 2.45) is 7.05 Å². The quantitative estimate of drug-likeness (QED) is 0.852. The van der Waals surface area contributed by atoms with E-state index in [1.807, 2.05) is 17.8 Å². The van der Waals surface area contributed by atoms with Crippen LogP contribution >= 0.6 is 0 Å². The summed E-state index contributed by atoms with van der Waals surface area (Å²) in [5, 5.41) is 3.39. The molecule has 4 nitrogen and oxygen atoms in total. The molecule has 1 N–H and O–H groups in total. The molecule has 114 valence electrons. The summed E-state index contributed by atoms with van der Waals surface area (Å²) in [6.07, 6.45) is 5.24. The fourth-order valence-electron chi connectivity index (χ4n) is 2.40. The van der Waals surface area contributed by atoms with Gasteiger partial charge in [-0.1, -0.05) is 13.0 Å². The van der Waals surface area contributed by atoms with Gasteiger partial charge in [0.2, 0.25) is 0 Å². The lowest BCUT2D eigenvalue weighted by Gasteiger charge is -2.21. The second-order valence-corrected chi connectivity index (χ2v) is 5.02. The molecule has 0 amide bonds. The number of aryl methyl sites for hydroxylation is 1. The maximum absolute atomic E-state index is 14.3. The van der Waals surface area contributed by atoms with Gasteiger partial charge in [0.15, 0.2) is 0 Å². The van der Waals surface area contributed by atoms with Crippen LogP contribution in [-0.4, -0.2) is 23.2 Å². The molecule has 1 unspecified atom stereocenters. The molecule has 21 heavy (non-hydrogen) atoms. The van der Waals surface area contributed by atoms with Crippen LogP contribution in [0.1, 0.15) is 30.8 Å². The zero-order valence-electron chi connectivity index (χ0n) is 12.8. The predicted octanol–water partition coefficient (Wildman–Crippen LogP) is 2.85. The molecule has 0 saturated carbocycles. The van der Waals surface area contributed by atoms with Gasteiger partial charge in [-0.15, -0.1) is 0 Å². The van der Waals surface area contributed by atoms with Crippen LogP contribution in [0, 0.1) is 5.82 Å². The van der Waals surface area contributed by atoms with Crippen molar-refractivity contribution in [2.75, 3.05) is 13.7 Å². The van der Waals surface area contributed by atoms with Crippen LogP contribution in [0.15, 0.2) is 30.6 Å². The summed E-state index contributed by atoms with van der Waals surface area (Å²) < 4.78 is 21.6. The zero-order chi connectivity index (χ0) is 15.2. The Kier molecular flexibility index (Phi) is 5.33. The number of hydrogen-bond acceptors (Lipinski definition) is 3. The van der Waals surface area contributed by atoms with Crippen molar-refractivity contribution < 1.29 is 9.13 Å². The standard InChI is InChI=1S/C16H22FN3O/c1-4-8-18-13(11-15-19-9-10-20(15)2)16-12(17)6-5-7-14(16)21-3/h5-7,9-10,13,18H,4,8,11H2,1-3H3. The van der Waals surface area contributed by atoms with E-state index in [1.54, 1.807) is 25.4 Å². The first-order valence-corrected chi connectivity index (χ1v) is 7.19. The summed E-state index contributed by atoms with van der Waals surface area (Å²) in [4.78, 5) is 4.33. The molecular weight excluding hydrogens is 269 g/mol. The lowest BCUT2D eigenvalue weighted by molar-refractivity contribution is 0.387. The number of rotatable bonds is 7. The highest BCUT2D eigenvalue weighted by molar-refractivity contribution is 5.37. The number of ether oxygens (including phenoxy) is 1. The van der Waals surface area contributed by atoms with Gasteiger partial charge < -0.3 is 14.6 Å². The molecule has 0 aliphatic carbocycles. The molecule has 0 fully saturated rings. The molecule has 1 heterocycles. The maximum Gasteiger partial charge on any atom is 0.131 e. The van der Waals surface area contributed by atoms with Crippen molar-refractivity contribution in [1.82, 2.24) is 14.9 Å². The van der Waals surface area contributed by atoms with Crippen LogP contribution in [0.5, 0.6) is 5.75 Å². The summed E-state index contributed by atoms with van der Waals surface area (Å²) in [5.74, 6) is 1.23. The second kappa shape index (κ2) is 7.22. The average Bonchev–Trinajstić information content (AvgIpc) is 2.88. The van der Waals surface area contributed by atoms with Gasteiger partial charge in [-0.3, -0.25) is 0 Å². The van der Waals surface area contributed by atoms with Crippen LogP contribution in [0.25, 0.3) is 0 Å². The number of nitrogens with zero attached hydrogens (tertiary/aromatic N) is 2. The molecule has 2 aromatic rings. The fourth-order valence-corrected chi connectivity index (χ4v) is 2.40. The molecule has 0 aliphatic heterocycles. The topological polar surface area (TPSA) is 39.1 Å². The van der Waals surface area contributed by atoms with Gasteiger partial charge in [-0.25, -0.2) is 9.37 Å². The van der Waals surface area contributed by atoms with E-state index in [-0.39, 0.29) is 11.9 Å². The van der Waals surface area contributed by atoms with E-state index in [0.29, 0.717) is 17.7 Å². The summed E-state index contributed by atoms with van der Waals surface area (Å²) in [6.45, 7) is 2.90. The SMILES string of the molecule is CCCNC(Cc1nccn1C)c1c(F)cccc1OC. The number of halogens is 1. The molecule has 1 aromatic carbocycles.